The summed E-state index contributed by atoms with van der Waals surface area (Å²) in [6.45, 7) is 13.4. The fourth-order valence-electron chi connectivity index (χ4n) is 2.97. The summed E-state index contributed by atoms with van der Waals surface area (Å²) in [6.07, 6.45) is 2.20. The van der Waals surface area contributed by atoms with Crippen molar-refractivity contribution in [3.63, 3.8) is 0 Å². The van der Waals surface area contributed by atoms with Crippen LogP contribution in [0.2, 0.25) is 19.6 Å². The molecule has 1 unspecified atom stereocenters. The predicted molar refractivity (Wildman–Crippen MR) is 79.3 cm³/mol. The molecule has 0 aromatic rings. The van der Waals surface area contributed by atoms with E-state index in [1.54, 1.807) is 0 Å². The fraction of sp³-hybridized carbons (Fsp3) is 0.800. The summed E-state index contributed by atoms with van der Waals surface area (Å²) in [7, 11) is -1.29. The predicted octanol–water partition coefficient (Wildman–Crippen LogP) is 4.19. The third kappa shape index (κ3) is 3.71. The maximum atomic E-state index is 11.3. The molecule has 3 heteroatoms. The molecule has 2 nitrogen and oxygen atoms in total. The van der Waals surface area contributed by atoms with Gasteiger partial charge in [-0.25, -0.2) is 0 Å². The molecule has 1 aliphatic carbocycles. The number of carboxylic acid groups (broad SMARTS) is 1. The van der Waals surface area contributed by atoms with Crippen molar-refractivity contribution in [1.29, 1.82) is 0 Å². The molecular weight excluding hydrogens is 240 g/mol. The zero-order chi connectivity index (χ0) is 14.1. The highest BCUT2D eigenvalue weighted by Crippen LogP contribution is 2.42. The Morgan fingerprint density at radius 3 is 2.33 bits per heavy atom. The van der Waals surface area contributed by atoms with Crippen molar-refractivity contribution in [1.82, 2.24) is 0 Å². The van der Waals surface area contributed by atoms with E-state index in [0.717, 1.165) is 12.8 Å². The van der Waals surface area contributed by atoms with E-state index >= 15 is 0 Å². The van der Waals surface area contributed by atoms with Crippen LogP contribution in [0.15, 0.2) is 11.3 Å². The Balaban J connectivity index is 3.08. The molecule has 0 aromatic carbocycles. The third-order valence-electron chi connectivity index (χ3n) is 4.33. The van der Waals surface area contributed by atoms with Crippen molar-refractivity contribution in [3.05, 3.63) is 11.3 Å². The molecule has 1 N–H and O–H groups in total. The molecule has 104 valence electrons. The Morgan fingerprint density at radius 1 is 1.33 bits per heavy atom. The monoisotopic (exact) mass is 268 g/mol. The number of carboxylic acids is 1. The highest BCUT2D eigenvalue weighted by Gasteiger charge is 2.36. The van der Waals surface area contributed by atoms with Gasteiger partial charge in [0, 0.05) is 0 Å². The van der Waals surface area contributed by atoms with E-state index in [9.17, 15) is 9.90 Å². The molecule has 0 saturated heterocycles. The maximum Gasteiger partial charge on any atom is 0.306 e. The quantitative estimate of drug-likeness (QED) is 0.779. The van der Waals surface area contributed by atoms with Gasteiger partial charge in [0.05, 0.1) is 14.0 Å². The Hall–Kier alpha value is -0.573. The van der Waals surface area contributed by atoms with E-state index < -0.39 is 14.0 Å². The van der Waals surface area contributed by atoms with Crippen molar-refractivity contribution < 1.29 is 9.90 Å². The second-order valence-electron chi connectivity index (χ2n) is 7.09. The third-order valence-corrected chi connectivity index (χ3v) is 5.53. The van der Waals surface area contributed by atoms with Crippen LogP contribution in [-0.4, -0.2) is 19.1 Å². The van der Waals surface area contributed by atoms with Crippen LogP contribution in [0.25, 0.3) is 0 Å². The number of hydrogen-bond donors (Lipinski definition) is 1. The van der Waals surface area contributed by atoms with E-state index in [-0.39, 0.29) is 11.8 Å². The Labute approximate surface area is 112 Å². The average molecular weight is 268 g/mol. The lowest BCUT2D eigenvalue weighted by atomic mass is 9.68. The van der Waals surface area contributed by atoms with Crippen LogP contribution in [0.4, 0.5) is 0 Å². The number of hydrogen-bond acceptors (Lipinski definition) is 1. The van der Waals surface area contributed by atoms with Gasteiger partial charge < -0.3 is 5.11 Å². The van der Waals surface area contributed by atoms with E-state index in [1.165, 1.54) is 5.57 Å². The highest BCUT2D eigenvalue weighted by molar-refractivity contribution is 6.81. The van der Waals surface area contributed by atoms with Gasteiger partial charge in [-0.1, -0.05) is 51.7 Å². The van der Waals surface area contributed by atoms with Gasteiger partial charge in [-0.2, -0.15) is 0 Å². The summed E-state index contributed by atoms with van der Waals surface area (Å²) < 4.78 is 0. The molecule has 0 spiro atoms. The molecule has 18 heavy (non-hydrogen) atoms. The van der Waals surface area contributed by atoms with E-state index in [4.69, 9.17) is 0 Å². The van der Waals surface area contributed by atoms with Crippen molar-refractivity contribution in [2.45, 2.75) is 53.3 Å². The van der Waals surface area contributed by atoms with Gasteiger partial charge in [0.15, 0.2) is 0 Å². The van der Waals surface area contributed by atoms with Crippen LogP contribution in [0.5, 0.6) is 0 Å². The molecule has 4 atom stereocenters. The average Bonchev–Trinajstić information content (AvgIpc) is 2.22. The molecule has 0 radical (unpaired) electrons. The largest absolute Gasteiger partial charge is 0.481 e. The number of allylic oxidation sites excluding steroid dienone is 1. The topological polar surface area (TPSA) is 37.3 Å². The van der Waals surface area contributed by atoms with Crippen molar-refractivity contribution >= 4 is 14.0 Å². The first-order valence-corrected chi connectivity index (χ1v) is 10.7. The summed E-state index contributed by atoms with van der Waals surface area (Å²) in [6, 6.07) is 0. The van der Waals surface area contributed by atoms with Gasteiger partial charge in [0.25, 0.3) is 0 Å². The molecule has 1 aliphatic rings. The van der Waals surface area contributed by atoms with Crippen LogP contribution >= 0.6 is 0 Å². The normalized spacial score (nSPS) is 33.4. The minimum absolute atomic E-state index is 0.248. The van der Waals surface area contributed by atoms with Crippen molar-refractivity contribution in [3.8, 4) is 0 Å². The van der Waals surface area contributed by atoms with Crippen LogP contribution in [-0.2, 0) is 4.79 Å². The summed E-state index contributed by atoms with van der Waals surface area (Å²) in [4.78, 5) is 11.3. The van der Waals surface area contributed by atoms with Crippen LogP contribution in [0.3, 0.4) is 0 Å². The fourth-order valence-corrected chi connectivity index (χ4v) is 4.45. The van der Waals surface area contributed by atoms with Crippen molar-refractivity contribution in [2.24, 2.45) is 23.7 Å². The summed E-state index contributed by atoms with van der Waals surface area (Å²) in [5, 5.41) is 9.29. The van der Waals surface area contributed by atoms with Gasteiger partial charge in [0.1, 0.15) is 0 Å². The van der Waals surface area contributed by atoms with Crippen LogP contribution < -0.4 is 0 Å². The highest BCUT2D eigenvalue weighted by atomic mass is 28.3. The van der Waals surface area contributed by atoms with Gasteiger partial charge in [-0.05, 0) is 30.6 Å². The zero-order valence-electron chi connectivity index (χ0n) is 12.7. The molecule has 1 rings (SSSR count). The molecule has 0 heterocycles. The first-order chi connectivity index (χ1) is 8.13. The lowest BCUT2D eigenvalue weighted by molar-refractivity contribution is -0.142. The SMILES string of the molecule is CC(C(=O)O)[C@@H]1CC[C@@H](C)[C@H](C)/C1=C\[Si](C)(C)C. The smallest absolute Gasteiger partial charge is 0.306 e. The van der Waals surface area contributed by atoms with Gasteiger partial charge in [0.2, 0.25) is 0 Å². The zero-order valence-corrected chi connectivity index (χ0v) is 13.7. The van der Waals surface area contributed by atoms with E-state index in [0.29, 0.717) is 11.8 Å². The number of carbonyl (C=O) groups is 1. The van der Waals surface area contributed by atoms with Gasteiger partial charge in [-0.15, -0.1) is 0 Å². The first kappa shape index (κ1) is 15.5. The Kier molecular flexibility index (Phi) is 4.82. The Bertz CT molecular complexity index is 341. The lowest BCUT2D eigenvalue weighted by Crippen LogP contribution is -2.33. The molecule has 0 aromatic heterocycles. The summed E-state index contributed by atoms with van der Waals surface area (Å²) >= 11 is 0. The molecule has 1 saturated carbocycles. The van der Waals surface area contributed by atoms with Crippen molar-refractivity contribution in [2.75, 3.05) is 0 Å². The molecule has 1 fully saturated rings. The Morgan fingerprint density at radius 2 is 1.89 bits per heavy atom. The van der Waals surface area contributed by atoms with Gasteiger partial charge in [-0.3, -0.25) is 4.79 Å². The maximum absolute atomic E-state index is 11.3. The summed E-state index contributed by atoms with van der Waals surface area (Å²) in [5.74, 6) is 0.577. The molecule has 0 amide bonds. The van der Waals surface area contributed by atoms with E-state index in [2.05, 4.69) is 39.2 Å². The van der Waals surface area contributed by atoms with E-state index in [1.807, 2.05) is 6.92 Å². The molecule has 0 aliphatic heterocycles. The van der Waals surface area contributed by atoms with Crippen LogP contribution in [0.1, 0.15) is 33.6 Å². The standard InChI is InChI=1S/C15H28O2Si/c1-10-7-8-13(12(3)15(16)17)14(11(10)2)9-18(4,5)6/h9-13H,7-8H2,1-6H3,(H,16,17)/b14-9+/t10-,11+,12?,13+/m1/s1. The first-order valence-electron chi connectivity index (χ1n) is 7.09. The minimum Gasteiger partial charge on any atom is -0.481 e. The lowest BCUT2D eigenvalue weighted by Gasteiger charge is -2.38. The molecule has 0 bridgehead atoms. The molecular formula is C15H28O2Si. The number of aliphatic carboxylic acids is 1. The van der Waals surface area contributed by atoms with Gasteiger partial charge >= 0.3 is 5.97 Å². The minimum atomic E-state index is -1.29. The number of rotatable bonds is 3. The second kappa shape index (κ2) is 5.60. The van der Waals surface area contributed by atoms with Crippen LogP contribution in [0, 0.1) is 23.7 Å². The summed E-state index contributed by atoms with van der Waals surface area (Å²) in [5.41, 5.74) is 3.89. The second-order valence-corrected chi connectivity index (χ2v) is 12.1.